The molecule has 1 aromatic rings. The Kier molecular flexibility index (Phi) is 5.78. The van der Waals surface area contributed by atoms with Crippen LogP contribution in [0.25, 0.3) is 5.57 Å². The van der Waals surface area contributed by atoms with Crippen LogP contribution < -0.4 is 16.0 Å². The van der Waals surface area contributed by atoms with Crippen LogP contribution >= 0.6 is 0 Å². The molecular weight excluding hydrogens is 371 g/mol. The molecule has 7 nitrogen and oxygen atoms in total. The van der Waals surface area contributed by atoms with Crippen LogP contribution in [-0.4, -0.2) is 46.1 Å². The van der Waals surface area contributed by atoms with Crippen LogP contribution in [0.2, 0.25) is 0 Å². The van der Waals surface area contributed by atoms with Gasteiger partial charge in [0.25, 0.3) is 0 Å². The normalized spacial score (nSPS) is 22.9. The quantitative estimate of drug-likeness (QED) is 0.683. The van der Waals surface area contributed by atoms with E-state index in [1.54, 1.807) is 0 Å². The first-order valence-corrected chi connectivity index (χ1v) is 10.3. The summed E-state index contributed by atoms with van der Waals surface area (Å²) in [6.07, 6.45) is 13.2. The number of hydrogen-bond acceptors (Lipinski definition) is 6. The number of nitrogens with zero attached hydrogens (tertiary/aromatic N) is 3. The van der Waals surface area contributed by atoms with Gasteiger partial charge in [-0.2, -0.15) is 0 Å². The van der Waals surface area contributed by atoms with E-state index >= 15 is 0 Å². The number of piperidine rings is 1. The van der Waals surface area contributed by atoms with E-state index in [0.717, 1.165) is 43.4 Å². The van der Waals surface area contributed by atoms with Gasteiger partial charge in [0.05, 0.1) is 6.20 Å². The van der Waals surface area contributed by atoms with E-state index in [9.17, 15) is 9.18 Å². The Labute approximate surface area is 170 Å². The van der Waals surface area contributed by atoms with Gasteiger partial charge >= 0.3 is 0 Å². The first kappa shape index (κ1) is 19.4. The Hall–Kier alpha value is -2.90. The fourth-order valence-electron chi connectivity index (χ4n) is 4.05. The number of likely N-dealkylation sites (tertiary alicyclic amines) is 1. The van der Waals surface area contributed by atoms with Crippen molar-refractivity contribution in [2.75, 3.05) is 18.4 Å². The minimum Gasteiger partial charge on any atom is -0.368 e. The minimum absolute atomic E-state index is 0.0135. The summed E-state index contributed by atoms with van der Waals surface area (Å²) >= 11 is 0. The second-order valence-electron chi connectivity index (χ2n) is 7.56. The van der Waals surface area contributed by atoms with Crippen LogP contribution in [-0.2, 0) is 4.79 Å². The molecule has 8 heteroatoms. The SMILES string of the molecule is CCCC(=O)N1CCCC[C@H]1CNc1nc(C2=CNC3NC=CC=C23)ncc1F. The molecule has 0 bridgehead atoms. The van der Waals surface area contributed by atoms with Gasteiger partial charge in [0, 0.05) is 42.9 Å². The largest absolute Gasteiger partial charge is 0.368 e. The van der Waals surface area contributed by atoms with Crippen molar-refractivity contribution >= 4 is 17.3 Å². The molecular formula is C21H27FN6O. The van der Waals surface area contributed by atoms with Gasteiger partial charge in [-0.25, -0.2) is 14.4 Å². The van der Waals surface area contributed by atoms with Gasteiger partial charge in [-0.3, -0.25) is 4.79 Å². The predicted octanol–water partition coefficient (Wildman–Crippen LogP) is 2.52. The smallest absolute Gasteiger partial charge is 0.222 e. The standard InChI is InChI=1S/C21H27FN6O/c1-2-6-18(29)28-10-4-3-7-14(28)11-24-21-17(22)13-26-20(27-21)16-12-25-19-15(16)8-5-9-23-19/h5,8-9,12-14,19,23,25H,2-4,6-7,10-11H2,1H3,(H,24,26,27)/t14-,19?/m0/s1. The maximum atomic E-state index is 14.4. The van der Waals surface area contributed by atoms with E-state index < -0.39 is 5.82 Å². The molecule has 1 fully saturated rings. The lowest BCUT2D eigenvalue weighted by molar-refractivity contribution is -0.134. The Bertz CT molecular complexity index is 865. The van der Waals surface area contributed by atoms with E-state index in [2.05, 4.69) is 25.9 Å². The van der Waals surface area contributed by atoms with Crippen LogP contribution in [0.5, 0.6) is 0 Å². The number of dihydropyridines is 1. The number of aromatic nitrogens is 2. The van der Waals surface area contributed by atoms with E-state index in [0.29, 0.717) is 18.8 Å². The highest BCUT2D eigenvalue weighted by Gasteiger charge is 2.28. The van der Waals surface area contributed by atoms with Crippen molar-refractivity contribution in [2.24, 2.45) is 0 Å². The summed E-state index contributed by atoms with van der Waals surface area (Å²) in [4.78, 5) is 23.0. The van der Waals surface area contributed by atoms with Gasteiger partial charge in [0.15, 0.2) is 17.5 Å². The summed E-state index contributed by atoms with van der Waals surface area (Å²) in [5, 5.41) is 9.56. The molecule has 0 aromatic carbocycles. The number of carbonyl (C=O) groups excluding carboxylic acids is 1. The molecule has 2 atom stereocenters. The minimum atomic E-state index is -0.491. The molecule has 0 radical (unpaired) electrons. The summed E-state index contributed by atoms with van der Waals surface area (Å²) in [5.41, 5.74) is 1.86. The van der Waals surface area contributed by atoms with E-state index in [1.807, 2.05) is 36.4 Å². The van der Waals surface area contributed by atoms with Gasteiger partial charge in [0.2, 0.25) is 5.91 Å². The molecule has 3 N–H and O–H groups in total. The van der Waals surface area contributed by atoms with Crippen LogP contribution in [0, 0.1) is 5.82 Å². The summed E-state index contributed by atoms with van der Waals surface area (Å²) in [6.45, 7) is 3.27. The van der Waals surface area contributed by atoms with Crippen molar-refractivity contribution in [3.8, 4) is 0 Å². The monoisotopic (exact) mass is 398 g/mol. The number of halogens is 1. The second kappa shape index (κ2) is 8.63. The molecule has 3 aliphatic heterocycles. The third-order valence-electron chi connectivity index (χ3n) is 5.55. The molecule has 4 rings (SSSR count). The third kappa shape index (κ3) is 4.11. The Morgan fingerprint density at radius 3 is 3.14 bits per heavy atom. The fraction of sp³-hybridized carbons (Fsp3) is 0.476. The summed E-state index contributed by atoms with van der Waals surface area (Å²) in [7, 11) is 0. The number of allylic oxidation sites excluding steroid dienone is 2. The van der Waals surface area contributed by atoms with Crippen LogP contribution in [0.4, 0.5) is 10.2 Å². The number of amides is 1. The predicted molar refractivity (Wildman–Crippen MR) is 110 cm³/mol. The summed E-state index contributed by atoms with van der Waals surface area (Å²) in [6, 6.07) is 0.0627. The lowest BCUT2D eigenvalue weighted by Gasteiger charge is -2.36. The highest BCUT2D eigenvalue weighted by Crippen LogP contribution is 2.29. The van der Waals surface area contributed by atoms with Gasteiger partial charge in [-0.05, 0) is 38.0 Å². The Balaban J connectivity index is 1.48. The zero-order chi connectivity index (χ0) is 20.2. The lowest BCUT2D eigenvalue weighted by atomic mass is 10.0. The first-order chi connectivity index (χ1) is 14.2. The highest BCUT2D eigenvalue weighted by atomic mass is 19.1. The maximum Gasteiger partial charge on any atom is 0.222 e. The highest BCUT2D eigenvalue weighted by molar-refractivity contribution is 5.80. The van der Waals surface area contributed by atoms with Gasteiger partial charge in [0.1, 0.15) is 6.17 Å². The molecule has 0 saturated carbocycles. The Morgan fingerprint density at radius 1 is 1.38 bits per heavy atom. The van der Waals surface area contributed by atoms with Crippen molar-refractivity contribution in [2.45, 2.75) is 51.2 Å². The average molecular weight is 398 g/mol. The van der Waals surface area contributed by atoms with Gasteiger partial charge in [-0.1, -0.05) is 13.0 Å². The van der Waals surface area contributed by atoms with E-state index in [-0.39, 0.29) is 23.9 Å². The topological polar surface area (TPSA) is 82.2 Å². The summed E-state index contributed by atoms with van der Waals surface area (Å²) < 4.78 is 14.4. The van der Waals surface area contributed by atoms with Gasteiger partial charge in [-0.15, -0.1) is 0 Å². The molecule has 0 spiro atoms. The molecule has 1 aromatic heterocycles. The number of anilines is 1. The number of hydrogen-bond donors (Lipinski definition) is 3. The van der Waals surface area contributed by atoms with E-state index in [4.69, 9.17) is 0 Å². The first-order valence-electron chi connectivity index (χ1n) is 10.3. The zero-order valence-corrected chi connectivity index (χ0v) is 16.6. The summed E-state index contributed by atoms with van der Waals surface area (Å²) in [5.74, 6) is 0.332. The molecule has 154 valence electrons. The zero-order valence-electron chi connectivity index (χ0n) is 16.6. The molecule has 0 aliphatic carbocycles. The van der Waals surface area contributed by atoms with Crippen molar-refractivity contribution in [3.05, 3.63) is 48.0 Å². The van der Waals surface area contributed by atoms with Crippen LogP contribution in [0.3, 0.4) is 0 Å². The molecule has 1 amide bonds. The Morgan fingerprint density at radius 2 is 2.28 bits per heavy atom. The molecule has 1 saturated heterocycles. The maximum absolute atomic E-state index is 14.4. The number of rotatable bonds is 6. The van der Waals surface area contributed by atoms with Crippen LogP contribution in [0.15, 0.2) is 36.3 Å². The number of carbonyl (C=O) groups is 1. The fourth-order valence-corrected chi connectivity index (χ4v) is 4.05. The van der Waals surface area contributed by atoms with Crippen LogP contribution in [0.1, 0.15) is 44.9 Å². The number of fused-ring (bicyclic) bond motifs is 1. The molecule has 1 unspecified atom stereocenters. The van der Waals surface area contributed by atoms with Crippen molar-refractivity contribution in [3.63, 3.8) is 0 Å². The third-order valence-corrected chi connectivity index (χ3v) is 5.55. The second-order valence-corrected chi connectivity index (χ2v) is 7.56. The molecule has 4 heterocycles. The van der Waals surface area contributed by atoms with Crippen molar-refractivity contribution in [1.82, 2.24) is 25.5 Å². The van der Waals surface area contributed by atoms with Crippen molar-refractivity contribution < 1.29 is 9.18 Å². The van der Waals surface area contributed by atoms with Gasteiger partial charge < -0.3 is 20.9 Å². The lowest BCUT2D eigenvalue weighted by Crippen LogP contribution is -2.47. The average Bonchev–Trinajstić information content (AvgIpc) is 3.18. The molecule has 29 heavy (non-hydrogen) atoms. The molecule has 3 aliphatic rings. The van der Waals surface area contributed by atoms with E-state index in [1.165, 1.54) is 6.20 Å². The number of nitrogens with one attached hydrogen (secondary N) is 3. The van der Waals surface area contributed by atoms with Crippen molar-refractivity contribution in [1.29, 1.82) is 0 Å².